The van der Waals surface area contributed by atoms with Crippen LogP contribution in [0.2, 0.25) is 5.02 Å². The van der Waals surface area contributed by atoms with Crippen LogP contribution in [0.15, 0.2) is 46.9 Å². The Bertz CT molecular complexity index is 877. The predicted octanol–water partition coefficient (Wildman–Crippen LogP) is 5.26. The van der Waals surface area contributed by atoms with E-state index in [1.807, 2.05) is 0 Å². The molecule has 0 aliphatic heterocycles. The number of ether oxygens (including phenoxy) is 1. The highest BCUT2D eigenvalue weighted by Crippen LogP contribution is 2.37. The summed E-state index contributed by atoms with van der Waals surface area (Å²) in [5, 5.41) is 13.3. The summed E-state index contributed by atoms with van der Waals surface area (Å²) in [6.45, 7) is -3.09. The van der Waals surface area contributed by atoms with E-state index in [0.29, 0.717) is 5.56 Å². The highest BCUT2D eigenvalue weighted by Gasteiger charge is 2.16. The molecule has 136 valence electrons. The lowest BCUT2D eigenvalue weighted by Gasteiger charge is -2.13. The smallest absolute Gasteiger partial charge is 0.387 e. The molecule has 1 amide bonds. The molecule has 0 saturated heterocycles. The molecule has 0 aromatic heterocycles. The maximum absolute atomic E-state index is 12.5. The van der Waals surface area contributed by atoms with Crippen LogP contribution in [-0.2, 0) is 4.79 Å². The number of carbonyl (C=O) groups excluding carboxylic acids is 1. The summed E-state index contributed by atoms with van der Waals surface area (Å²) < 4.78 is 29.6. The molecule has 0 unspecified atom stereocenters. The maximum atomic E-state index is 12.5. The molecule has 26 heavy (non-hydrogen) atoms. The van der Waals surface area contributed by atoms with Gasteiger partial charge in [0, 0.05) is 23.2 Å². The molecule has 0 aliphatic rings. The van der Waals surface area contributed by atoms with E-state index in [2.05, 4.69) is 26.0 Å². The van der Waals surface area contributed by atoms with Crippen LogP contribution in [0.1, 0.15) is 5.56 Å². The van der Waals surface area contributed by atoms with Gasteiger partial charge < -0.3 is 10.1 Å². The number of nitrogens with one attached hydrogen (secondary N) is 1. The van der Waals surface area contributed by atoms with E-state index in [1.54, 1.807) is 6.07 Å². The van der Waals surface area contributed by atoms with Crippen molar-refractivity contribution >= 4 is 50.9 Å². The first-order chi connectivity index (χ1) is 12.3. The average molecular weight is 448 g/mol. The molecule has 0 atom stereocenters. The molecule has 1 N–H and O–H groups in total. The molecule has 6 nitrogen and oxygen atoms in total. The van der Waals surface area contributed by atoms with Crippen LogP contribution < -0.4 is 10.1 Å². The van der Waals surface area contributed by atoms with Crippen molar-refractivity contribution in [2.75, 3.05) is 5.32 Å². The number of halogens is 4. The quantitative estimate of drug-likeness (QED) is 0.372. The minimum atomic E-state index is -3.09. The Labute approximate surface area is 159 Å². The van der Waals surface area contributed by atoms with Crippen LogP contribution in [0.5, 0.6) is 5.75 Å². The van der Waals surface area contributed by atoms with Crippen LogP contribution in [0.4, 0.5) is 20.2 Å². The summed E-state index contributed by atoms with van der Waals surface area (Å²) in [5.74, 6) is -0.939. The summed E-state index contributed by atoms with van der Waals surface area (Å²) in [6, 6.07) is 8.23. The Morgan fingerprint density at radius 1 is 1.35 bits per heavy atom. The minimum absolute atomic E-state index is 0.0571. The number of amides is 1. The molecule has 0 bridgehead atoms. The van der Waals surface area contributed by atoms with Crippen LogP contribution in [0.25, 0.3) is 6.08 Å². The summed E-state index contributed by atoms with van der Waals surface area (Å²) in [5.41, 5.74) is 0.239. The van der Waals surface area contributed by atoms with Crippen LogP contribution in [0, 0.1) is 10.1 Å². The van der Waals surface area contributed by atoms with Crippen molar-refractivity contribution in [2.45, 2.75) is 6.61 Å². The first-order valence-corrected chi connectivity index (χ1v) is 8.10. The van der Waals surface area contributed by atoms with Crippen molar-refractivity contribution in [2.24, 2.45) is 0 Å². The summed E-state index contributed by atoms with van der Waals surface area (Å²) in [4.78, 5) is 22.2. The fourth-order valence-corrected chi connectivity index (χ4v) is 2.85. The zero-order valence-corrected chi connectivity index (χ0v) is 15.1. The molecular formula is C16H10BrClF2N2O4. The monoisotopic (exact) mass is 446 g/mol. The van der Waals surface area contributed by atoms with Gasteiger partial charge in [0.1, 0.15) is 0 Å². The average Bonchev–Trinajstić information content (AvgIpc) is 2.56. The largest absolute Gasteiger partial charge is 0.431 e. The second kappa shape index (κ2) is 8.72. The first kappa shape index (κ1) is 19.8. The van der Waals surface area contributed by atoms with E-state index in [1.165, 1.54) is 36.4 Å². The SMILES string of the molecule is O=C(/C=C/c1cccc([N+](=O)[O-])c1)Nc1cc(Cl)cc(Br)c1OC(F)F. The van der Waals surface area contributed by atoms with Gasteiger partial charge in [0.2, 0.25) is 5.91 Å². The van der Waals surface area contributed by atoms with Crippen molar-refractivity contribution < 1.29 is 23.2 Å². The van der Waals surface area contributed by atoms with E-state index in [9.17, 15) is 23.7 Å². The van der Waals surface area contributed by atoms with E-state index in [4.69, 9.17) is 11.6 Å². The lowest BCUT2D eigenvalue weighted by Crippen LogP contribution is -2.11. The number of rotatable bonds is 6. The van der Waals surface area contributed by atoms with E-state index in [-0.39, 0.29) is 26.6 Å². The van der Waals surface area contributed by atoms with Crippen molar-refractivity contribution in [1.82, 2.24) is 0 Å². The van der Waals surface area contributed by atoms with Gasteiger partial charge in [-0.05, 0) is 39.7 Å². The van der Waals surface area contributed by atoms with Crippen LogP contribution in [0.3, 0.4) is 0 Å². The number of nitrogens with zero attached hydrogens (tertiary/aromatic N) is 1. The Morgan fingerprint density at radius 3 is 2.73 bits per heavy atom. The second-order valence-corrected chi connectivity index (χ2v) is 6.11. The zero-order valence-electron chi connectivity index (χ0n) is 12.8. The summed E-state index contributed by atoms with van der Waals surface area (Å²) in [6.07, 6.45) is 2.44. The van der Waals surface area contributed by atoms with Crippen molar-refractivity contribution in [3.63, 3.8) is 0 Å². The topological polar surface area (TPSA) is 81.5 Å². The molecule has 0 radical (unpaired) electrons. The summed E-state index contributed by atoms with van der Waals surface area (Å²) in [7, 11) is 0. The van der Waals surface area contributed by atoms with Gasteiger partial charge in [-0.25, -0.2) is 0 Å². The molecule has 0 heterocycles. The van der Waals surface area contributed by atoms with Gasteiger partial charge >= 0.3 is 6.61 Å². The van der Waals surface area contributed by atoms with Crippen molar-refractivity contribution in [1.29, 1.82) is 0 Å². The molecule has 2 rings (SSSR count). The first-order valence-electron chi connectivity index (χ1n) is 6.93. The number of benzene rings is 2. The number of hydrogen-bond acceptors (Lipinski definition) is 4. The number of nitro benzene ring substituents is 1. The zero-order chi connectivity index (χ0) is 19.3. The third kappa shape index (κ3) is 5.50. The molecule has 0 fully saturated rings. The number of carbonyl (C=O) groups is 1. The molecule has 0 saturated carbocycles. The molecule has 2 aromatic carbocycles. The van der Waals surface area contributed by atoms with E-state index >= 15 is 0 Å². The fraction of sp³-hybridized carbons (Fsp3) is 0.0625. The minimum Gasteiger partial charge on any atom is -0.431 e. The third-order valence-corrected chi connectivity index (χ3v) is 3.79. The standard InChI is InChI=1S/C16H10BrClF2N2O4/c17-12-7-10(18)8-13(15(12)26-16(19)20)21-14(23)5-4-9-2-1-3-11(6-9)22(24)25/h1-8,16H,(H,21,23)/b5-4+. The number of hydrogen-bond donors (Lipinski definition) is 1. The molecule has 2 aromatic rings. The maximum Gasteiger partial charge on any atom is 0.387 e. The summed E-state index contributed by atoms with van der Waals surface area (Å²) >= 11 is 8.89. The highest BCUT2D eigenvalue weighted by molar-refractivity contribution is 9.10. The third-order valence-electron chi connectivity index (χ3n) is 2.98. The fourth-order valence-electron chi connectivity index (χ4n) is 1.95. The van der Waals surface area contributed by atoms with Gasteiger partial charge in [0.25, 0.3) is 5.69 Å². The predicted molar refractivity (Wildman–Crippen MR) is 96.5 cm³/mol. The van der Waals surface area contributed by atoms with Crippen molar-refractivity contribution in [3.05, 3.63) is 67.6 Å². The number of anilines is 1. The van der Waals surface area contributed by atoms with Crippen molar-refractivity contribution in [3.8, 4) is 5.75 Å². The Hall–Kier alpha value is -2.52. The van der Waals surface area contributed by atoms with Gasteiger partial charge in [-0.15, -0.1) is 0 Å². The van der Waals surface area contributed by atoms with Gasteiger partial charge in [-0.2, -0.15) is 8.78 Å². The number of nitro groups is 1. The number of non-ortho nitro benzene ring substituents is 1. The lowest BCUT2D eigenvalue weighted by atomic mass is 10.2. The lowest BCUT2D eigenvalue weighted by molar-refractivity contribution is -0.384. The Kier molecular flexibility index (Phi) is 6.64. The van der Waals surface area contributed by atoms with Gasteiger partial charge in [0.15, 0.2) is 5.75 Å². The van der Waals surface area contributed by atoms with Gasteiger partial charge in [-0.3, -0.25) is 14.9 Å². The molecule has 0 spiro atoms. The van der Waals surface area contributed by atoms with E-state index < -0.39 is 17.4 Å². The van der Waals surface area contributed by atoms with Crippen LogP contribution in [-0.4, -0.2) is 17.4 Å². The molecule has 10 heteroatoms. The van der Waals surface area contributed by atoms with Crippen LogP contribution >= 0.6 is 27.5 Å². The Balaban J connectivity index is 2.19. The highest BCUT2D eigenvalue weighted by atomic mass is 79.9. The molecular weight excluding hydrogens is 438 g/mol. The molecule has 0 aliphatic carbocycles. The number of alkyl halides is 2. The van der Waals surface area contributed by atoms with E-state index in [0.717, 1.165) is 6.08 Å². The van der Waals surface area contributed by atoms with Gasteiger partial charge in [0.05, 0.1) is 15.1 Å². The van der Waals surface area contributed by atoms with Gasteiger partial charge in [-0.1, -0.05) is 23.7 Å². The normalized spacial score (nSPS) is 11.0. The Morgan fingerprint density at radius 2 is 2.08 bits per heavy atom. The second-order valence-electron chi connectivity index (χ2n) is 4.82.